The molecule has 1 atom stereocenters. The second-order valence-electron chi connectivity index (χ2n) is 3.24. The van der Waals surface area contributed by atoms with Crippen LogP contribution >= 0.6 is 0 Å². The Labute approximate surface area is 77.8 Å². The fourth-order valence-electron chi connectivity index (χ4n) is 1.48. The van der Waals surface area contributed by atoms with Crippen molar-refractivity contribution >= 4 is 0 Å². The summed E-state index contributed by atoms with van der Waals surface area (Å²) in [5, 5.41) is 0. The molecule has 0 radical (unpaired) electrons. The average molecular weight is 178 g/mol. The zero-order valence-corrected chi connectivity index (χ0v) is 7.57. The van der Waals surface area contributed by atoms with Gasteiger partial charge in [0.1, 0.15) is 12.4 Å². The van der Waals surface area contributed by atoms with Crippen LogP contribution in [0.2, 0.25) is 0 Å². The zero-order valence-electron chi connectivity index (χ0n) is 7.57. The highest BCUT2D eigenvalue weighted by atomic mass is 16.5. The SMILES string of the molecule is C1=CC(OCc2ncc[nH]2)CCC1. The van der Waals surface area contributed by atoms with Crippen LogP contribution in [0, 0.1) is 0 Å². The van der Waals surface area contributed by atoms with Crippen LogP contribution in [0.5, 0.6) is 0 Å². The second-order valence-corrected chi connectivity index (χ2v) is 3.24. The molecule has 70 valence electrons. The van der Waals surface area contributed by atoms with Crippen molar-refractivity contribution in [3.05, 3.63) is 30.4 Å². The maximum absolute atomic E-state index is 5.65. The quantitative estimate of drug-likeness (QED) is 0.719. The largest absolute Gasteiger partial charge is 0.366 e. The maximum Gasteiger partial charge on any atom is 0.132 e. The highest BCUT2D eigenvalue weighted by Gasteiger charge is 2.08. The third kappa shape index (κ3) is 2.42. The minimum atomic E-state index is 0.291. The van der Waals surface area contributed by atoms with Gasteiger partial charge in [0.05, 0.1) is 6.10 Å². The number of aromatic nitrogens is 2. The first kappa shape index (κ1) is 8.51. The van der Waals surface area contributed by atoms with Crippen LogP contribution in [0.4, 0.5) is 0 Å². The molecule has 3 nitrogen and oxygen atoms in total. The van der Waals surface area contributed by atoms with Gasteiger partial charge in [0.25, 0.3) is 0 Å². The summed E-state index contributed by atoms with van der Waals surface area (Å²) < 4.78 is 5.65. The van der Waals surface area contributed by atoms with Crippen molar-refractivity contribution in [2.75, 3.05) is 0 Å². The maximum atomic E-state index is 5.65. The summed E-state index contributed by atoms with van der Waals surface area (Å²) in [5.74, 6) is 0.902. The van der Waals surface area contributed by atoms with Crippen LogP contribution in [0.15, 0.2) is 24.5 Å². The van der Waals surface area contributed by atoms with E-state index in [0.29, 0.717) is 12.7 Å². The van der Waals surface area contributed by atoms with Gasteiger partial charge in [0.2, 0.25) is 0 Å². The van der Waals surface area contributed by atoms with E-state index in [2.05, 4.69) is 22.1 Å². The molecule has 2 rings (SSSR count). The summed E-state index contributed by atoms with van der Waals surface area (Å²) >= 11 is 0. The van der Waals surface area contributed by atoms with Crippen molar-refractivity contribution in [2.24, 2.45) is 0 Å². The monoisotopic (exact) mass is 178 g/mol. The lowest BCUT2D eigenvalue weighted by Gasteiger charge is -2.16. The Kier molecular flexibility index (Phi) is 2.77. The van der Waals surface area contributed by atoms with Crippen LogP contribution in [-0.4, -0.2) is 16.1 Å². The fourth-order valence-corrected chi connectivity index (χ4v) is 1.48. The summed E-state index contributed by atoms with van der Waals surface area (Å²) in [4.78, 5) is 7.11. The van der Waals surface area contributed by atoms with Crippen molar-refractivity contribution in [3.63, 3.8) is 0 Å². The highest BCUT2D eigenvalue weighted by Crippen LogP contribution is 2.14. The summed E-state index contributed by atoms with van der Waals surface area (Å²) in [5.41, 5.74) is 0. The number of aromatic amines is 1. The number of ether oxygens (including phenoxy) is 1. The van der Waals surface area contributed by atoms with E-state index in [1.54, 1.807) is 6.20 Å². The number of hydrogen-bond donors (Lipinski definition) is 1. The minimum absolute atomic E-state index is 0.291. The average Bonchev–Trinajstić information content (AvgIpc) is 2.69. The first-order chi connectivity index (χ1) is 6.45. The lowest BCUT2D eigenvalue weighted by atomic mass is 10.1. The molecule has 3 heteroatoms. The van der Waals surface area contributed by atoms with Gasteiger partial charge >= 0.3 is 0 Å². The highest BCUT2D eigenvalue weighted by molar-refractivity contribution is 4.94. The van der Waals surface area contributed by atoms with Gasteiger partial charge in [-0.1, -0.05) is 12.2 Å². The van der Waals surface area contributed by atoms with E-state index in [9.17, 15) is 0 Å². The van der Waals surface area contributed by atoms with Crippen molar-refractivity contribution in [2.45, 2.75) is 32.0 Å². The molecule has 1 heterocycles. The van der Waals surface area contributed by atoms with Crippen molar-refractivity contribution in [3.8, 4) is 0 Å². The lowest BCUT2D eigenvalue weighted by Crippen LogP contribution is -2.12. The van der Waals surface area contributed by atoms with Gasteiger partial charge in [-0.25, -0.2) is 4.98 Å². The number of H-pyrrole nitrogens is 1. The molecule has 0 spiro atoms. The third-order valence-electron chi connectivity index (χ3n) is 2.20. The van der Waals surface area contributed by atoms with E-state index in [0.717, 1.165) is 12.2 Å². The standard InChI is InChI=1S/C10H14N2O/c1-2-4-9(5-3-1)13-8-10-11-6-7-12-10/h2,4,6-7,9H,1,3,5,8H2,(H,11,12). The van der Waals surface area contributed by atoms with Gasteiger partial charge in [0, 0.05) is 12.4 Å². The first-order valence-electron chi connectivity index (χ1n) is 4.71. The molecule has 0 fully saturated rings. The summed E-state index contributed by atoms with van der Waals surface area (Å²) in [6, 6.07) is 0. The number of nitrogens with one attached hydrogen (secondary N) is 1. The molecule has 1 aliphatic rings. The Morgan fingerprint density at radius 1 is 1.62 bits per heavy atom. The molecule has 1 aromatic rings. The van der Waals surface area contributed by atoms with E-state index < -0.39 is 0 Å². The molecule has 0 aliphatic heterocycles. The number of rotatable bonds is 3. The van der Waals surface area contributed by atoms with Gasteiger partial charge in [-0.05, 0) is 19.3 Å². The van der Waals surface area contributed by atoms with Gasteiger partial charge in [0.15, 0.2) is 0 Å². The Balaban J connectivity index is 1.79. The Morgan fingerprint density at radius 2 is 2.62 bits per heavy atom. The number of allylic oxidation sites excluding steroid dienone is 1. The van der Waals surface area contributed by atoms with Crippen molar-refractivity contribution < 1.29 is 4.74 Å². The molecule has 0 saturated heterocycles. The second kappa shape index (κ2) is 4.23. The Bertz CT molecular complexity index is 266. The molecule has 0 amide bonds. The molecule has 0 saturated carbocycles. The van der Waals surface area contributed by atoms with Gasteiger partial charge < -0.3 is 9.72 Å². The lowest BCUT2D eigenvalue weighted by molar-refractivity contribution is 0.0587. The van der Waals surface area contributed by atoms with Crippen LogP contribution < -0.4 is 0 Å². The molecule has 13 heavy (non-hydrogen) atoms. The third-order valence-corrected chi connectivity index (χ3v) is 2.20. The molecular weight excluding hydrogens is 164 g/mol. The minimum Gasteiger partial charge on any atom is -0.366 e. The Morgan fingerprint density at radius 3 is 3.31 bits per heavy atom. The summed E-state index contributed by atoms with van der Waals surface area (Å²) in [6.07, 6.45) is 11.8. The molecule has 1 unspecified atom stereocenters. The summed E-state index contributed by atoms with van der Waals surface area (Å²) in [7, 11) is 0. The van der Waals surface area contributed by atoms with Gasteiger partial charge in [-0.3, -0.25) is 0 Å². The van der Waals surface area contributed by atoms with Crippen LogP contribution in [-0.2, 0) is 11.3 Å². The number of nitrogens with zero attached hydrogens (tertiary/aromatic N) is 1. The number of imidazole rings is 1. The molecule has 0 aromatic carbocycles. The number of hydrogen-bond acceptors (Lipinski definition) is 2. The van der Waals surface area contributed by atoms with E-state index in [-0.39, 0.29) is 0 Å². The topological polar surface area (TPSA) is 37.9 Å². The first-order valence-corrected chi connectivity index (χ1v) is 4.71. The van der Waals surface area contributed by atoms with E-state index in [4.69, 9.17) is 4.74 Å². The van der Waals surface area contributed by atoms with E-state index in [1.165, 1.54) is 12.8 Å². The normalized spacial score (nSPS) is 22.0. The molecule has 1 aromatic heterocycles. The fraction of sp³-hybridized carbons (Fsp3) is 0.500. The van der Waals surface area contributed by atoms with Crippen LogP contribution in [0.1, 0.15) is 25.1 Å². The Hall–Kier alpha value is -1.09. The molecular formula is C10H14N2O. The van der Waals surface area contributed by atoms with Crippen LogP contribution in [0.3, 0.4) is 0 Å². The van der Waals surface area contributed by atoms with Crippen molar-refractivity contribution in [1.29, 1.82) is 0 Å². The van der Waals surface area contributed by atoms with Gasteiger partial charge in [-0.15, -0.1) is 0 Å². The van der Waals surface area contributed by atoms with E-state index >= 15 is 0 Å². The predicted octanol–water partition coefficient (Wildman–Crippen LogP) is 2.04. The molecule has 1 aliphatic carbocycles. The van der Waals surface area contributed by atoms with Crippen LogP contribution in [0.25, 0.3) is 0 Å². The smallest absolute Gasteiger partial charge is 0.132 e. The predicted molar refractivity (Wildman–Crippen MR) is 50.2 cm³/mol. The van der Waals surface area contributed by atoms with E-state index in [1.807, 2.05) is 6.20 Å². The molecule has 1 N–H and O–H groups in total. The van der Waals surface area contributed by atoms with Gasteiger partial charge in [-0.2, -0.15) is 0 Å². The zero-order chi connectivity index (χ0) is 8.93. The molecule has 0 bridgehead atoms. The summed E-state index contributed by atoms with van der Waals surface area (Å²) in [6.45, 7) is 0.585. The van der Waals surface area contributed by atoms with Crippen molar-refractivity contribution in [1.82, 2.24) is 9.97 Å².